The number of ether oxygens (including phenoxy) is 2. The minimum atomic E-state index is -0.642. The van der Waals surface area contributed by atoms with E-state index < -0.39 is 6.10 Å². The summed E-state index contributed by atoms with van der Waals surface area (Å²) < 4.78 is 11.0. The number of benzene rings is 2. The van der Waals surface area contributed by atoms with Gasteiger partial charge in [-0.15, -0.1) is 0 Å². The third kappa shape index (κ3) is 2.49. The second-order valence-electron chi connectivity index (χ2n) is 4.90. The van der Waals surface area contributed by atoms with E-state index in [9.17, 15) is 5.11 Å². The summed E-state index contributed by atoms with van der Waals surface area (Å²) in [5.74, 6) is 1.45. The van der Waals surface area contributed by atoms with Crippen LogP contribution in [0.2, 0.25) is 0 Å². The molecule has 0 bridgehead atoms. The van der Waals surface area contributed by atoms with Gasteiger partial charge in [0.15, 0.2) is 11.5 Å². The Morgan fingerprint density at radius 2 is 1.60 bits per heavy atom. The lowest BCUT2D eigenvalue weighted by atomic mass is 9.99. The molecule has 3 rings (SSSR count). The zero-order valence-corrected chi connectivity index (χ0v) is 11.5. The van der Waals surface area contributed by atoms with Crippen LogP contribution in [-0.2, 0) is 6.42 Å². The van der Waals surface area contributed by atoms with Gasteiger partial charge in [0, 0.05) is 0 Å². The fourth-order valence-corrected chi connectivity index (χ4v) is 2.36. The number of fused-ring (bicyclic) bond motifs is 1. The number of hydrogen-bond donors (Lipinski definition) is 1. The van der Waals surface area contributed by atoms with Crippen LogP contribution in [0.5, 0.6) is 11.5 Å². The molecule has 1 aliphatic heterocycles. The molecule has 0 aliphatic carbocycles. The number of aliphatic hydroxyl groups is 1. The zero-order valence-electron chi connectivity index (χ0n) is 11.5. The second-order valence-corrected chi connectivity index (χ2v) is 4.90. The van der Waals surface area contributed by atoms with E-state index in [0.717, 1.165) is 23.3 Å². The summed E-state index contributed by atoms with van der Waals surface area (Å²) in [6.07, 6.45) is 0.358. The van der Waals surface area contributed by atoms with Crippen LogP contribution < -0.4 is 9.47 Å². The highest BCUT2D eigenvalue weighted by molar-refractivity contribution is 5.46. The number of aryl methyl sites for hydroxylation is 1. The fraction of sp³-hybridized carbons (Fsp3) is 0.294. The SMILES string of the molecule is CCc1ccc(C(O)c2ccc3c(c2)OCCO3)cc1. The topological polar surface area (TPSA) is 38.7 Å². The standard InChI is InChI=1S/C17H18O3/c1-2-12-3-5-13(6-4-12)17(18)14-7-8-15-16(11-14)20-10-9-19-15/h3-8,11,17-18H,2,9-10H2,1H3. The van der Waals surface area contributed by atoms with Crippen molar-refractivity contribution in [3.63, 3.8) is 0 Å². The highest BCUT2D eigenvalue weighted by atomic mass is 16.6. The number of hydrogen-bond acceptors (Lipinski definition) is 3. The first-order valence-electron chi connectivity index (χ1n) is 6.94. The van der Waals surface area contributed by atoms with Gasteiger partial charge in [-0.25, -0.2) is 0 Å². The normalized spacial score (nSPS) is 14.9. The highest BCUT2D eigenvalue weighted by Gasteiger charge is 2.16. The van der Waals surface area contributed by atoms with Crippen molar-refractivity contribution in [2.45, 2.75) is 19.4 Å². The molecule has 1 N–H and O–H groups in total. The maximum atomic E-state index is 10.5. The Morgan fingerprint density at radius 1 is 0.950 bits per heavy atom. The minimum Gasteiger partial charge on any atom is -0.486 e. The summed E-state index contributed by atoms with van der Waals surface area (Å²) >= 11 is 0. The van der Waals surface area contributed by atoms with Crippen molar-refractivity contribution in [3.05, 3.63) is 59.2 Å². The summed E-state index contributed by atoms with van der Waals surface area (Å²) in [6.45, 7) is 3.25. The van der Waals surface area contributed by atoms with Gasteiger partial charge >= 0.3 is 0 Å². The van der Waals surface area contributed by atoms with Crippen molar-refractivity contribution in [1.29, 1.82) is 0 Å². The molecule has 3 heteroatoms. The van der Waals surface area contributed by atoms with Crippen LogP contribution in [0, 0.1) is 0 Å². The van der Waals surface area contributed by atoms with Gasteiger partial charge in [-0.1, -0.05) is 37.3 Å². The maximum absolute atomic E-state index is 10.5. The van der Waals surface area contributed by atoms with Crippen molar-refractivity contribution in [2.75, 3.05) is 13.2 Å². The molecular formula is C17H18O3. The van der Waals surface area contributed by atoms with Gasteiger partial charge in [-0.2, -0.15) is 0 Å². The predicted molar refractivity (Wildman–Crippen MR) is 77.3 cm³/mol. The lowest BCUT2D eigenvalue weighted by molar-refractivity contribution is 0.169. The third-order valence-corrected chi connectivity index (χ3v) is 3.59. The molecule has 2 aromatic rings. The van der Waals surface area contributed by atoms with Crippen LogP contribution in [-0.4, -0.2) is 18.3 Å². The Morgan fingerprint density at radius 3 is 2.30 bits per heavy atom. The van der Waals surface area contributed by atoms with Gasteiger partial charge in [0.2, 0.25) is 0 Å². The van der Waals surface area contributed by atoms with Gasteiger partial charge in [-0.05, 0) is 35.2 Å². The summed E-state index contributed by atoms with van der Waals surface area (Å²) in [5.41, 5.74) is 2.97. The molecule has 0 saturated carbocycles. The molecule has 0 saturated heterocycles. The highest BCUT2D eigenvalue weighted by Crippen LogP contribution is 2.34. The Hall–Kier alpha value is -2.00. The second kappa shape index (κ2) is 5.55. The van der Waals surface area contributed by atoms with E-state index in [1.54, 1.807) is 0 Å². The van der Waals surface area contributed by atoms with Crippen molar-refractivity contribution >= 4 is 0 Å². The van der Waals surface area contributed by atoms with E-state index in [-0.39, 0.29) is 0 Å². The van der Waals surface area contributed by atoms with Crippen LogP contribution in [0.25, 0.3) is 0 Å². The van der Waals surface area contributed by atoms with Crippen LogP contribution >= 0.6 is 0 Å². The first-order chi connectivity index (χ1) is 9.78. The average molecular weight is 270 g/mol. The maximum Gasteiger partial charge on any atom is 0.161 e. The van der Waals surface area contributed by atoms with Gasteiger partial charge in [0.1, 0.15) is 19.3 Å². The Labute approximate surface area is 118 Å². The van der Waals surface area contributed by atoms with E-state index in [0.29, 0.717) is 19.0 Å². The first kappa shape index (κ1) is 13.0. The molecule has 0 radical (unpaired) electrons. The lowest BCUT2D eigenvalue weighted by Gasteiger charge is -2.20. The molecule has 1 heterocycles. The monoisotopic (exact) mass is 270 g/mol. The van der Waals surface area contributed by atoms with Crippen molar-refractivity contribution in [3.8, 4) is 11.5 Å². The summed E-state index contributed by atoms with van der Waals surface area (Å²) in [5, 5.41) is 10.5. The van der Waals surface area contributed by atoms with E-state index in [1.807, 2.05) is 30.3 Å². The molecule has 1 atom stereocenters. The quantitative estimate of drug-likeness (QED) is 0.931. The van der Waals surface area contributed by atoms with E-state index >= 15 is 0 Å². The van der Waals surface area contributed by atoms with Crippen molar-refractivity contribution < 1.29 is 14.6 Å². The van der Waals surface area contributed by atoms with E-state index in [1.165, 1.54) is 5.56 Å². The third-order valence-electron chi connectivity index (χ3n) is 3.59. The van der Waals surface area contributed by atoms with Crippen LogP contribution in [0.15, 0.2) is 42.5 Å². The molecular weight excluding hydrogens is 252 g/mol. The molecule has 104 valence electrons. The number of aliphatic hydroxyl groups excluding tert-OH is 1. The molecule has 2 aromatic carbocycles. The largest absolute Gasteiger partial charge is 0.486 e. The minimum absolute atomic E-state index is 0.553. The van der Waals surface area contributed by atoms with Gasteiger partial charge in [-0.3, -0.25) is 0 Å². The summed E-state index contributed by atoms with van der Waals surface area (Å²) in [6, 6.07) is 13.6. The Kier molecular flexibility index (Phi) is 3.61. The zero-order chi connectivity index (χ0) is 13.9. The lowest BCUT2D eigenvalue weighted by Crippen LogP contribution is -2.15. The van der Waals surface area contributed by atoms with Crippen molar-refractivity contribution in [2.24, 2.45) is 0 Å². The van der Waals surface area contributed by atoms with Gasteiger partial charge in [0.25, 0.3) is 0 Å². The van der Waals surface area contributed by atoms with Crippen molar-refractivity contribution in [1.82, 2.24) is 0 Å². The van der Waals surface area contributed by atoms with Gasteiger partial charge in [0.05, 0.1) is 0 Å². The predicted octanol–water partition coefficient (Wildman–Crippen LogP) is 3.10. The Balaban J connectivity index is 1.87. The van der Waals surface area contributed by atoms with Gasteiger partial charge < -0.3 is 14.6 Å². The summed E-state index contributed by atoms with van der Waals surface area (Å²) in [7, 11) is 0. The average Bonchev–Trinajstić information content (AvgIpc) is 2.54. The summed E-state index contributed by atoms with van der Waals surface area (Å²) in [4.78, 5) is 0. The fourth-order valence-electron chi connectivity index (χ4n) is 2.36. The first-order valence-corrected chi connectivity index (χ1v) is 6.94. The number of rotatable bonds is 3. The molecule has 0 amide bonds. The van der Waals surface area contributed by atoms with E-state index in [2.05, 4.69) is 19.1 Å². The molecule has 0 spiro atoms. The van der Waals surface area contributed by atoms with Crippen LogP contribution in [0.4, 0.5) is 0 Å². The smallest absolute Gasteiger partial charge is 0.161 e. The molecule has 3 nitrogen and oxygen atoms in total. The molecule has 20 heavy (non-hydrogen) atoms. The molecule has 0 fully saturated rings. The molecule has 0 aromatic heterocycles. The molecule has 1 unspecified atom stereocenters. The molecule has 1 aliphatic rings. The van der Waals surface area contributed by atoms with E-state index in [4.69, 9.17) is 9.47 Å². The Bertz CT molecular complexity index is 590. The van der Waals surface area contributed by atoms with Crippen LogP contribution in [0.3, 0.4) is 0 Å². The van der Waals surface area contributed by atoms with Crippen LogP contribution in [0.1, 0.15) is 29.7 Å².